The van der Waals surface area contributed by atoms with E-state index in [4.69, 9.17) is 5.73 Å². The number of hydrazone groups is 1. The van der Waals surface area contributed by atoms with Crippen molar-refractivity contribution in [3.05, 3.63) is 60.3 Å². The Bertz CT molecular complexity index is 1070. The van der Waals surface area contributed by atoms with Crippen LogP contribution in [-0.2, 0) is 11.3 Å². The average Bonchev–Trinajstić information content (AvgIpc) is 3.21. The van der Waals surface area contributed by atoms with Crippen molar-refractivity contribution in [2.24, 2.45) is 10.8 Å². The van der Waals surface area contributed by atoms with Crippen LogP contribution in [0.25, 0.3) is 21.9 Å². The molecule has 0 bridgehead atoms. The molecule has 130 valence electrons. The molecule has 0 saturated heterocycles. The van der Waals surface area contributed by atoms with Gasteiger partial charge in [-0.2, -0.15) is 5.10 Å². The van der Waals surface area contributed by atoms with Gasteiger partial charge in [-0.3, -0.25) is 4.79 Å². The van der Waals surface area contributed by atoms with Crippen LogP contribution in [0, 0.1) is 0 Å². The lowest BCUT2D eigenvalue weighted by Gasteiger charge is -2.02. The van der Waals surface area contributed by atoms with Crippen LogP contribution in [0.5, 0.6) is 0 Å². The first kappa shape index (κ1) is 15.9. The predicted octanol–water partition coefficient (Wildman–Crippen LogP) is 2.84. The molecule has 4 rings (SSSR count). The molecule has 1 amide bonds. The Labute approximate surface area is 149 Å². The first-order valence-corrected chi connectivity index (χ1v) is 8.31. The molecule has 2 aromatic heterocycles. The molecule has 2 heterocycles. The van der Waals surface area contributed by atoms with Gasteiger partial charge in [-0.1, -0.05) is 30.3 Å². The molecule has 2 aromatic carbocycles. The highest BCUT2D eigenvalue weighted by atomic mass is 16.1. The number of benzene rings is 2. The fourth-order valence-corrected chi connectivity index (χ4v) is 2.96. The number of hydrogen-bond donors (Lipinski definition) is 3. The zero-order valence-electron chi connectivity index (χ0n) is 14.0. The van der Waals surface area contributed by atoms with Crippen molar-refractivity contribution in [3.63, 3.8) is 0 Å². The molecule has 0 spiro atoms. The number of nitrogens with one attached hydrogen (secondary N) is 2. The van der Waals surface area contributed by atoms with Gasteiger partial charge in [-0.25, -0.2) is 10.4 Å². The summed E-state index contributed by atoms with van der Waals surface area (Å²) < 4.78 is 2.02. The molecule has 7 heteroatoms. The van der Waals surface area contributed by atoms with E-state index in [1.54, 1.807) is 6.21 Å². The minimum atomic E-state index is -0.315. The summed E-state index contributed by atoms with van der Waals surface area (Å²) in [4.78, 5) is 18.7. The molecule has 4 aromatic rings. The molecular formula is C19H18N6O. The lowest BCUT2D eigenvalue weighted by atomic mass is 10.2. The molecule has 0 unspecified atom stereocenters. The number of aromatic nitrogens is 3. The van der Waals surface area contributed by atoms with E-state index in [-0.39, 0.29) is 5.91 Å². The molecule has 0 radical (unpaired) electrons. The third-order valence-corrected chi connectivity index (χ3v) is 4.18. The van der Waals surface area contributed by atoms with Crippen molar-refractivity contribution in [3.8, 4) is 0 Å². The van der Waals surface area contributed by atoms with Crippen LogP contribution in [0.1, 0.15) is 12.0 Å². The van der Waals surface area contributed by atoms with E-state index in [9.17, 15) is 4.79 Å². The molecule has 0 saturated carbocycles. The number of anilines is 1. The van der Waals surface area contributed by atoms with E-state index in [1.807, 2.05) is 59.3 Å². The summed E-state index contributed by atoms with van der Waals surface area (Å²) in [5, 5.41) is 5.35. The summed E-state index contributed by atoms with van der Waals surface area (Å²) >= 11 is 0. The summed E-state index contributed by atoms with van der Waals surface area (Å²) in [6.45, 7) is 0.542. The molecule has 7 nitrogen and oxygen atoms in total. The second-order valence-corrected chi connectivity index (χ2v) is 5.98. The lowest BCUT2D eigenvalue weighted by molar-refractivity contribution is -0.118. The van der Waals surface area contributed by atoms with Crippen LogP contribution in [0.2, 0.25) is 0 Å². The molecule has 0 aliphatic carbocycles. The first-order valence-electron chi connectivity index (χ1n) is 8.31. The van der Waals surface area contributed by atoms with Gasteiger partial charge in [-0.05, 0) is 18.2 Å². The molecule has 0 fully saturated rings. The number of para-hydroxylation sites is 3. The van der Waals surface area contributed by atoms with Gasteiger partial charge in [0.25, 0.3) is 0 Å². The van der Waals surface area contributed by atoms with Gasteiger partial charge < -0.3 is 15.3 Å². The third kappa shape index (κ3) is 3.14. The second kappa shape index (κ2) is 6.72. The number of imidazole rings is 1. The number of rotatable bonds is 6. The predicted molar refractivity (Wildman–Crippen MR) is 103 cm³/mol. The SMILES string of the molecule is NC(=O)CCn1cc(/C=N\Nc2nc3ccccc3[nH]2)c2ccccc21. The Kier molecular flexibility index (Phi) is 4.10. The summed E-state index contributed by atoms with van der Waals surface area (Å²) in [6.07, 6.45) is 4.01. The Balaban J connectivity index is 1.57. The van der Waals surface area contributed by atoms with E-state index in [0.717, 1.165) is 27.5 Å². The van der Waals surface area contributed by atoms with Crippen molar-refractivity contribution < 1.29 is 4.79 Å². The van der Waals surface area contributed by atoms with Gasteiger partial charge >= 0.3 is 0 Å². The minimum absolute atomic E-state index is 0.298. The smallest absolute Gasteiger partial charge is 0.222 e. The first-order chi connectivity index (χ1) is 12.7. The average molecular weight is 346 g/mol. The van der Waals surface area contributed by atoms with Crippen LogP contribution in [0.15, 0.2) is 59.8 Å². The molecule has 4 N–H and O–H groups in total. The van der Waals surface area contributed by atoms with Crippen molar-refractivity contribution >= 4 is 40.0 Å². The van der Waals surface area contributed by atoms with Crippen molar-refractivity contribution in [2.45, 2.75) is 13.0 Å². The number of hydrogen-bond acceptors (Lipinski definition) is 4. The summed E-state index contributed by atoms with van der Waals surface area (Å²) in [6, 6.07) is 15.8. The molecule has 0 aliphatic rings. The van der Waals surface area contributed by atoms with E-state index in [0.29, 0.717) is 18.9 Å². The number of carbonyl (C=O) groups excluding carboxylic acids is 1. The van der Waals surface area contributed by atoms with E-state index < -0.39 is 0 Å². The Morgan fingerprint density at radius 3 is 2.88 bits per heavy atom. The van der Waals surface area contributed by atoms with Gasteiger partial charge in [0.1, 0.15) is 0 Å². The lowest BCUT2D eigenvalue weighted by Crippen LogP contribution is -2.13. The van der Waals surface area contributed by atoms with E-state index in [1.165, 1.54) is 0 Å². The second-order valence-electron chi connectivity index (χ2n) is 5.98. The fraction of sp³-hybridized carbons (Fsp3) is 0.105. The summed E-state index contributed by atoms with van der Waals surface area (Å²) in [7, 11) is 0. The van der Waals surface area contributed by atoms with Gasteiger partial charge in [0, 0.05) is 35.6 Å². The Morgan fingerprint density at radius 1 is 1.23 bits per heavy atom. The largest absolute Gasteiger partial charge is 0.370 e. The maximum absolute atomic E-state index is 11.1. The summed E-state index contributed by atoms with van der Waals surface area (Å²) in [5.74, 6) is 0.268. The van der Waals surface area contributed by atoms with Crippen LogP contribution >= 0.6 is 0 Å². The Morgan fingerprint density at radius 2 is 2.04 bits per heavy atom. The number of aromatic amines is 1. The maximum Gasteiger partial charge on any atom is 0.222 e. The van der Waals surface area contributed by atoms with Crippen molar-refractivity contribution in [2.75, 3.05) is 5.43 Å². The van der Waals surface area contributed by atoms with Crippen LogP contribution < -0.4 is 11.2 Å². The normalized spacial score (nSPS) is 11.5. The quantitative estimate of drug-likeness (QED) is 0.369. The van der Waals surface area contributed by atoms with E-state index in [2.05, 4.69) is 20.5 Å². The zero-order valence-corrected chi connectivity index (χ0v) is 14.0. The fourth-order valence-electron chi connectivity index (χ4n) is 2.96. The monoisotopic (exact) mass is 346 g/mol. The van der Waals surface area contributed by atoms with Gasteiger partial charge in [0.05, 0.1) is 17.2 Å². The number of nitrogens with two attached hydrogens (primary N) is 1. The number of aryl methyl sites for hydroxylation is 1. The van der Waals surface area contributed by atoms with Crippen molar-refractivity contribution in [1.29, 1.82) is 0 Å². The van der Waals surface area contributed by atoms with Gasteiger partial charge in [-0.15, -0.1) is 0 Å². The molecular weight excluding hydrogens is 328 g/mol. The topological polar surface area (TPSA) is 101 Å². The minimum Gasteiger partial charge on any atom is -0.370 e. The van der Waals surface area contributed by atoms with Crippen LogP contribution in [0.3, 0.4) is 0 Å². The number of nitrogens with zero attached hydrogens (tertiary/aromatic N) is 3. The maximum atomic E-state index is 11.1. The zero-order chi connectivity index (χ0) is 17.9. The Hall–Kier alpha value is -3.61. The van der Waals surface area contributed by atoms with Gasteiger partial charge in [0.2, 0.25) is 11.9 Å². The highest BCUT2D eigenvalue weighted by Crippen LogP contribution is 2.20. The highest BCUT2D eigenvalue weighted by Gasteiger charge is 2.07. The van der Waals surface area contributed by atoms with Gasteiger partial charge in [0.15, 0.2) is 0 Å². The number of primary amides is 1. The summed E-state index contributed by atoms with van der Waals surface area (Å²) in [5.41, 5.74) is 12.0. The molecule has 26 heavy (non-hydrogen) atoms. The number of carbonyl (C=O) groups is 1. The number of amides is 1. The third-order valence-electron chi connectivity index (χ3n) is 4.18. The molecule has 0 atom stereocenters. The van der Waals surface area contributed by atoms with Crippen LogP contribution in [-0.4, -0.2) is 26.7 Å². The molecule has 0 aliphatic heterocycles. The van der Waals surface area contributed by atoms with Crippen molar-refractivity contribution in [1.82, 2.24) is 14.5 Å². The number of H-pyrrole nitrogens is 1. The number of fused-ring (bicyclic) bond motifs is 2. The van der Waals surface area contributed by atoms with E-state index >= 15 is 0 Å². The standard InChI is InChI=1S/C19H18N6O/c20-18(26)9-10-25-12-13(14-5-1-4-8-17(14)25)11-21-24-19-22-15-6-2-3-7-16(15)23-19/h1-8,11-12H,9-10H2,(H2,20,26)(H2,22,23,24)/b21-11-. The van der Waals surface area contributed by atoms with Crippen LogP contribution in [0.4, 0.5) is 5.95 Å². The highest BCUT2D eigenvalue weighted by molar-refractivity contribution is 5.99.